The summed E-state index contributed by atoms with van der Waals surface area (Å²) in [5.74, 6) is -0.481. The molecule has 0 saturated heterocycles. The number of nitrogens with one attached hydrogen (secondary N) is 1. The van der Waals surface area contributed by atoms with Gasteiger partial charge in [0.2, 0.25) is 5.91 Å². The predicted octanol–water partition coefficient (Wildman–Crippen LogP) is 0.479. The second-order valence-electron chi connectivity index (χ2n) is 2.40. The number of pyridine rings is 1. The quantitative estimate of drug-likeness (QED) is 0.699. The zero-order chi connectivity index (χ0) is 8.55. The maximum absolute atomic E-state index is 10.7. The van der Waals surface area contributed by atoms with Gasteiger partial charge in [-0.3, -0.25) is 9.89 Å². The van der Waals surface area contributed by atoms with E-state index in [0.29, 0.717) is 11.2 Å². The first-order valence-corrected chi connectivity index (χ1v) is 3.36. The van der Waals surface area contributed by atoms with Gasteiger partial charge in [0.25, 0.3) is 0 Å². The lowest BCUT2D eigenvalue weighted by molar-refractivity contribution is 0.1000. The van der Waals surface area contributed by atoms with Gasteiger partial charge in [0.15, 0.2) is 5.65 Å². The predicted molar refractivity (Wildman–Crippen MR) is 49.7 cm³/mol. The summed E-state index contributed by atoms with van der Waals surface area (Å²) in [6, 6.07) is 1.65. The SMILES string of the molecule is Cl.NC(=O)c1cnc2[nH]ncc2c1. The minimum absolute atomic E-state index is 0. The third-order valence-corrected chi connectivity index (χ3v) is 1.58. The number of aromatic amines is 1. The number of nitrogens with two attached hydrogens (primary N) is 1. The van der Waals surface area contributed by atoms with E-state index < -0.39 is 5.91 Å². The molecule has 0 aliphatic rings. The molecule has 0 atom stereocenters. The van der Waals surface area contributed by atoms with E-state index in [4.69, 9.17) is 5.73 Å². The molecule has 13 heavy (non-hydrogen) atoms. The average Bonchev–Trinajstić information content (AvgIpc) is 2.49. The van der Waals surface area contributed by atoms with Crippen molar-refractivity contribution in [2.24, 2.45) is 5.73 Å². The molecule has 0 spiro atoms. The zero-order valence-corrected chi connectivity index (χ0v) is 7.34. The van der Waals surface area contributed by atoms with E-state index in [0.717, 1.165) is 5.39 Å². The van der Waals surface area contributed by atoms with Gasteiger partial charge >= 0.3 is 0 Å². The number of primary amides is 1. The largest absolute Gasteiger partial charge is 0.366 e. The van der Waals surface area contributed by atoms with Crippen LogP contribution in [0.4, 0.5) is 0 Å². The summed E-state index contributed by atoms with van der Waals surface area (Å²) < 4.78 is 0. The molecule has 2 rings (SSSR count). The van der Waals surface area contributed by atoms with E-state index >= 15 is 0 Å². The lowest BCUT2D eigenvalue weighted by Crippen LogP contribution is -2.10. The first kappa shape index (κ1) is 9.47. The molecule has 0 bridgehead atoms. The summed E-state index contributed by atoms with van der Waals surface area (Å²) in [6.45, 7) is 0. The molecule has 2 aromatic heterocycles. The Labute approximate surface area is 79.7 Å². The van der Waals surface area contributed by atoms with Crippen LogP contribution in [0.2, 0.25) is 0 Å². The van der Waals surface area contributed by atoms with Crippen molar-refractivity contribution in [3.05, 3.63) is 24.0 Å². The van der Waals surface area contributed by atoms with Crippen molar-refractivity contribution in [3.63, 3.8) is 0 Å². The highest BCUT2D eigenvalue weighted by molar-refractivity contribution is 5.95. The van der Waals surface area contributed by atoms with Gasteiger partial charge in [-0.05, 0) is 6.07 Å². The fourth-order valence-electron chi connectivity index (χ4n) is 0.971. The van der Waals surface area contributed by atoms with Crippen LogP contribution in [0.3, 0.4) is 0 Å². The molecule has 2 aromatic rings. The summed E-state index contributed by atoms with van der Waals surface area (Å²) >= 11 is 0. The zero-order valence-electron chi connectivity index (χ0n) is 6.52. The summed E-state index contributed by atoms with van der Waals surface area (Å²) in [5.41, 5.74) is 6.11. The van der Waals surface area contributed by atoms with E-state index in [2.05, 4.69) is 15.2 Å². The third kappa shape index (κ3) is 1.59. The van der Waals surface area contributed by atoms with Crippen LogP contribution < -0.4 is 5.73 Å². The Morgan fingerprint density at radius 1 is 1.46 bits per heavy atom. The standard InChI is InChI=1S/C7H6N4O.ClH/c8-6(12)4-1-5-3-10-11-7(5)9-2-4;/h1-3H,(H2,8,12)(H,9,10,11);1H. The number of hydrogen-bond donors (Lipinski definition) is 2. The number of halogens is 1. The normalized spacial score (nSPS) is 9.54. The number of nitrogens with zero attached hydrogens (tertiary/aromatic N) is 2. The number of amides is 1. The number of aromatic nitrogens is 3. The maximum Gasteiger partial charge on any atom is 0.250 e. The van der Waals surface area contributed by atoms with Gasteiger partial charge in [0.05, 0.1) is 11.8 Å². The lowest BCUT2D eigenvalue weighted by Gasteiger charge is -1.92. The molecular formula is C7H7ClN4O. The monoisotopic (exact) mass is 198 g/mol. The van der Waals surface area contributed by atoms with Crippen molar-refractivity contribution in [1.29, 1.82) is 0 Å². The van der Waals surface area contributed by atoms with E-state index in [1.807, 2.05) is 0 Å². The third-order valence-electron chi connectivity index (χ3n) is 1.58. The summed E-state index contributed by atoms with van der Waals surface area (Å²) in [7, 11) is 0. The molecule has 0 radical (unpaired) electrons. The Morgan fingerprint density at radius 2 is 2.23 bits per heavy atom. The molecule has 68 valence electrons. The molecule has 0 fully saturated rings. The van der Waals surface area contributed by atoms with Crippen LogP contribution in [0, 0.1) is 0 Å². The van der Waals surface area contributed by atoms with E-state index in [1.54, 1.807) is 12.3 Å². The van der Waals surface area contributed by atoms with Crippen molar-refractivity contribution < 1.29 is 4.79 Å². The summed E-state index contributed by atoms with van der Waals surface area (Å²) in [6.07, 6.45) is 3.01. The van der Waals surface area contributed by atoms with Crippen LogP contribution in [0.1, 0.15) is 10.4 Å². The maximum atomic E-state index is 10.7. The van der Waals surface area contributed by atoms with Crippen molar-refractivity contribution in [2.45, 2.75) is 0 Å². The van der Waals surface area contributed by atoms with Gasteiger partial charge in [-0.15, -0.1) is 12.4 Å². The van der Waals surface area contributed by atoms with Gasteiger partial charge in [0, 0.05) is 11.6 Å². The van der Waals surface area contributed by atoms with Crippen molar-refractivity contribution in [1.82, 2.24) is 15.2 Å². The molecule has 2 heterocycles. The highest BCUT2D eigenvalue weighted by Crippen LogP contribution is 2.08. The van der Waals surface area contributed by atoms with Gasteiger partial charge < -0.3 is 5.73 Å². The molecule has 0 saturated carbocycles. The molecule has 0 unspecified atom stereocenters. The van der Waals surface area contributed by atoms with Crippen molar-refractivity contribution in [2.75, 3.05) is 0 Å². The minimum Gasteiger partial charge on any atom is -0.366 e. The Bertz CT molecular complexity index is 439. The molecular weight excluding hydrogens is 192 g/mol. The van der Waals surface area contributed by atoms with Crippen molar-refractivity contribution in [3.8, 4) is 0 Å². The fraction of sp³-hybridized carbons (Fsp3) is 0. The Kier molecular flexibility index (Phi) is 2.48. The van der Waals surface area contributed by atoms with Gasteiger partial charge in [-0.2, -0.15) is 5.10 Å². The first-order chi connectivity index (χ1) is 5.77. The van der Waals surface area contributed by atoms with Crippen LogP contribution in [-0.2, 0) is 0 Å². The average molecular weight is 199 g/mol. The van der Waals surface area contributed by atoms with E-state index in [-0.39, 0.29) is 12.4 Å². The Hall–Kier alpha value is -1.62. The first-order valence-electron chi connectivity index (χ1n) is 3.36. The van der Waals surface area contributed by atoms with E-state index in [9.17, 15) is 4.79 Å². The number of carbonyl (C=O) groups excluding carboxylic acids is 1. The highest BCUT2D eigenvalue weighted by atomic mass is 35.5. The molecule has 3 N–H and O–H groups in total. The molecule has 0 aromatic carbocycles. The fourth-order valence-corrected chi connectivity index (χ4v) is 0.971. The number of H-pyrrole nitrogens is 1. The number of rotatable bonds is 1. The van der Waals surface area contributed by atoms with E-state index in [1.165, 1.54) is 6.20 Å². The molecule has 1 amide bonds. The summed E-state index contributed by atoms with van der Waals surface area (Å²) in [5, 5.41) is 7.22. The second-order valence-corrected chi connectivity index (χ2v) is 2.40. The lowest BCUT2D eigenvalue weighted by atomic mass is 10.2. The second kappa shape index (κ2) is 3.40. The topological polar surface area (TPSA) is 84.7 Å². The Morgan fingerprint density at radius 3 is 2.92 bits per heavy atom. The molecule has 6 heteroatoms. The van der Waals surface area contributed by atoms with Crippen LogP contribution in [0.15, 0.2) is 18.5 Å². The van der Waals surface area contributed by atoms with Gasteiger partial charge in [-0.1, -0.05) is 0 Å². The molecule has 0 aliphatic heterocycles. The number of hydrogen-bond acceptors (Lipinski definition) is 3. The van der Waals surface area contributed by atoms with Crippen LogP contribution in [0.25, 0.3) is 11.0 Å². The summed E-state index contributed by atoms with van der Waals surface area (Å²) in [4.78, 5) is 14.7. The molecule has 0 aliphatic carbocycles. The van der Waals surface area contributed by atoms with Gasteiger partial charge in [-0.25, -0.2) is 4.98 Å². The minimum atomic E-state index is -0.481. The van der Waals surface area contributed by atoms with Gasteiger partial charge in [0.1, 0.15) is 0 Å². The van der Waals surface area contributed by atoms with Crippen LogP contribution >= 0.6 is 12.4 Å². The Balaban J connectivity index is 0.000000845. The highest BCUT2D eigenvalue weighted by Gasteiger charge is 2.02. The number of carbonyl (C=O) groups is 1. The molecule has 5 nitrogen and oxygen atoms in total. The van der Waals surface area contributed by atoms with Crippen molar-refractivity contribution >= 4 is 29.3 Å². The smallest absolute Gasteiger partial charge is 0.250 e. The van der Waals surface area contributed by atoms with Crippen LogP contribution in [-0.4, -0.2) is 21.1 Å². The van der Waals surface area contributed by atoms with Crippen LogP contribution in [0.5, 0.6) is 0 Å². The number of fused-ring (bicyclic) bond motifs is 1.